The van der Waals surface area contributed by atoms with Crippen molar-refractivity contribution < 1.29 is 0 Å². The van der Waals surface area contributed by atoms with Crippen LogP contribution in [0.25, 0.3) is 81.9 Å². The molecular formula is C39H24N2. The van der Waals surface area contributed by atoms with Gasteiger partial charge < -0.3 is 4.40 Å². The van der Waals surface area contributed by atoms with Crippen LogP contribution in [0.5, 0.6) is 0 Å². The summed E-state index contributed by atoms with van der Waals surface area (Å²) in [7, 11) is 0. The third-order valence-electron chi connectivity index (χ3n) is 8.58. The van der Waals surface area contributed by atoms with E-state index >= 15 is 0 Å². The highest BCUT2D eigenvalue weighted by Gasteiger charge is 2.13. The fraction of sp³-hybridized carbons (Fsp3) is 0. The van der Waals surface area contributed by atoms with Crippen LogP contribution >= 0.6 is 0 Å². The Kier molecular flexibility index (Phi) is 4.64. The summed E-state index contributed by atoms with van der Waals surface area (Å²) < 4.78 is 2.06. The summed E-state index contributed by atoms with van der Waals surface area (Å²) in [6.45, 7) is 0. The molecule has 0 bridgehead atoms. The van der Waals surface area contributed by atoms with Crippen molar-refractivity contribution in [2.24, 2.45) is 0 Å². The number of pyridine rings is 1. The zero-order valence-corrected chi connectivity index (χ0v) is 22.3. The fourth-order valence-corrected chi connectivity index (χ4v) is 6.65. The van der Waals surface area contributed by atoms with E-state index in [2.05, 4.69) is 126 Å². The first kappa shape index (κ1) is 22.4. The maximum Gasteiger partial charge on any atom is 0.137 e. The van der Waals surface area contributed by atoms with Gasteiger partial charge in [0.25, 0.3) is 0 Å². The van der Waals surface area contributed by atoms with Crippen LogP contribution in [0.3, 0.4) is 0 Å². The number of imidazole rings is 1. The fourth-order valence-electron chi connectivity index (χ4n) is 6.65. The third kappa shape index (κ3) is 3.34. The first-order chi connectivity index (χ1) is 20.3. The van der Waals surface area contributed by atoms with Crippen LogP contribution in [0, 0.1) is 0 Å². The molecule has 0 N–H and O–H groups in total. The Morgan fingerprint density at radius 1 is 0.415 bits per heavy atom. The third-order valence-corrected chi connectivity index (χ3v) is 8.58. The SMILES string of the molecule is c1ccc2c(c1)c1cc(-c3ccc(-c4cn5ccccc5n4)cc3)ccc1c1cccc3ccc4cccc2c4c31. The molecule has 0 amide bonds. The summed E-state index contributed by atoms with van der Waals surface area (Å²) in [6, 6.07) is 48.6. The largest absolute Gasteiger partial charge is 0.306 e. The van der Waals surface area contributed by atoms with Crippen LogP contribution in [0.2, 0.25) is 0 Å². The highest BCUT2D eigenvalue weighted by Crippen LogP contribution is 2.41. The summed E-state index contributed by atoms with van der Waals surface area (Å²) in [5, 5.41) is 12.9. The molecule has 0 saturated heterocycles. The molecular weight excluding hydrogens is 496 g/mol. The minimum Gasteiger partial charge on any atom is -0.306 e. The smallest absolute Gasteiger partial charge is 0.137 e. The topological polar surface area (TPSA) is 17.3 Å². The zero-order valence-electron chi connectivity index (χ0n) is 22.3. The summed E-state index contributed by atoms with van der Waals surface area (Å²) in [6.07, 6.45) is 4.13. The monoisotopic (exact) mass is 520 g/mol. The van der Waals surface area contributed by atoms with Crippen molar-refractivity contribution >= 4 is 59.5 Å². The van der Waals surface area contributed by atoms with Crippen molar-refractivity contribution in [3.63, 3.8) is 0 Å². The molecule has 0 unspecified atom stereocenters. The maximum absolute atomic E-state index is 4.80. The van der Waals surface area contributed by atoms with Gasteiger partial charge >= 0.3 is 0 Å². The highest BCUT2D eigenvalue weighted by atomic mass is 15.0. The number of hydrogen-bond acceptors (Lipinski definition) is 1. The maximum atomic E-state index is 4.80. The Balaban J connectivity index is 1.32. The van der Waals surface area contributed by atoms with E-state index in [-0.39, 0.29) is 0 Å². The van der Waals surface area contributed by atoms with Crippen molar-refractivity contribution in [2.75, 3.05) is 0 Å². The van der Waals surface area contributed by atoms with Crippen LogP contribution in [0.1, 0.15) is 0 Å². The van der Waals surface area contributed by atoms with Crippen molar-refractivity contribution in [3.05, 3.63) is 146 Å². The number of rotatable bonds is 2. The number of aromatic nitrogens is 2. The summed E-state index contributed by atoms with van der Waals surface area (Å²) in [5.41, 5.74) is 5.46. The lowest BCUT2D eigenvalue weighted by Crippen LogP contribution is -1.87. The van der Waals surface area contributed by atoms with Gasteiger partial charge in [-0.25, -0.2) is 4.98 Å². The lowest BCUT2D eigenvalue weighted by Gasteiger charge is -2.14. The van der Waals surface area contributed by atoms with Gasteiger partial charge in [0.05, 0.1) is 5.69 Å². The Hall–Kier alpha value is -5.47. The highest BCUT2D eigenvalue weighted by molar-refractivity contribution is 6.32. The standard InChI is InChI=1S/C39H24N2/c1-2-10-31-30(9-1)33-11-5-7-27-18-19-28-8-6-12-34(39(28)38(27)33)32-21-20-29(23-35(31)32)25-14-16-26(17-15-25)36-24-41-22-4-3-13-37(41)40-36/h1-24H. The quantitative estimate of drug-likeness (QED) is 0.207. The average molecular weight is 521 g/mol. The van der Waals surface area contributed by atoms with Crippen molar-refractivity contribution in [3.8, 4) is 22.4 Å². The minimum atomic E-state index is 0.958. The van der Waals surface area contributed by atoms with E-state index in [1.54, 1.807) is 0 Å². The van der Waals surface area contributed by atoms with Gasteiger partial charge in [0.2, 0.25) is 0 Å². The molecule has 9 rings (SSSR count). The number of benzene rings is 6. The summed E-state index contributed by atoms with van der Waals surface area (Å²) >= 11 is 0. The van der Waals surface area contributed by atoms with Crippen LogP contribution < -0.4 is 0 Å². The van der Waals surface area contributed by atoms with Gasteiger partial charge in [-0.05, 0) is 83.2 Å². The molecule has 9 aromatic rings. The second kappa shape index (κ2) is 8.51. The van der Waals surface area contributed by atoms with Crippen molar-refractivity contribution in [1.82, 2.24) is 9.38 Å². The van der Waals surface area contributed by atoms with Gasteiger partial charge in [0.15, 0.2) is 0 Å². The number of fused-ring (bicyclic) bond motifs is 6. The average Bonchev–Trinajstić information content (AvgIpc) is 3.48. The van der Waals surface area contributed by atoms with E-state index in [4.69, 9.17) is 4.98 Å². The van der Waals surface area contributed by atoms with Gasteiger partial charge in [0.1, 0.15) is 5.65 Å². The van der Waals surface area contributed by atoms with Gasteiger partial charge in [-0.1, -0.05) is 115 Å². The first-order valence-electron chi connectivity index (χ1n) is 14.1. The molecule has 0 spiro atoms. The van der Waals surface area contributed by atoms with Gasteiger partial charge in [-0.2, -0.15) is 0 Å². The lowest BCUT2D eigenvalue weighted by molar-refractivity contribution is 1.19. The number of hydrogen-bond donors (Lipinski definition) is 0. The lowest BCUT2D eigenvalue weighted by atomic mass is 9.89. The Morgan fingerprint density at radius 2 is 1.00 bits per heavy atom. The molecule has 7 aromatic carbocycles. The zero-order chi connectivity index (χ0) is 26.9. The van der Waals surface area contributed by atoms with Crippen LogP contribution in [0.15, 0.2) is 146 Å². The first-order valence-corrected chi connectivity index (χ1v) is 14.1. The minimum absolute atomic E-state index is 0.958. The van der Waals surface area contributed by atoms with E-state index in [1.807, 2.05) is 24.4 Å². The molecule has 190 valence electrons. The van der Waals surface area contributed by atoms with Crippen molar-refractivity contribution in [2.45, 2.75) is 0 Å². The molecule has 0 atom stereocenters. The predicted molar refractivity (Wildman–Crippen MR) is 174 cm³/mol. The van der Waals surface area contributed by atoms with Crippen LogP contribution in [-0.4, -0.2) is 9.38 Å². The van der Waals surface area contributed by atoms with Crippen LogP contribution in [-0.2, 0) is 0 Å². The number of nitrogens with zero attached hydrogens (tertiary/aromatic N) is 2. The molecule has 0 aliphatic rings. The molecule has 2 heterocycles. The molecule has 2 heteroatoms. The normalized spacial score (nSPS) is 11.9. The molecule has 0 saturated carbocycles. The molecule has 41 heavy (non-hydrogen) atoms. The van der Waals surface area contributed by atoms with Gasteiger partial charge in [-0.15, -0.1) is 0 Å². The molecule has 0 aliphatic carbocycles. The van der Waals surface area contributed by atoms with E-state index in [0.717, 1.165) is 16.9 Å². The molecule has 2 aromatic heterocycles. The summed E-state index contributed by atoms with van der Waals surface area (Å²) in [4.78, 5) is 4.80. The second-order valence-electron chi connectivity index (χ2n) is 10.8. The molecule has 0 aliphatic heterocycles. The second-order valence-corrected chi connectivity index (χ2v) is 10.8. The Morgan fingerprint density at radius 3 is 1.71 bits per heavy atom. The predicted octanol–water partition coefficient (Wildman–Crippen LogP) is 10.4. The molecule has 2 nitrogen and oxygen atoms in total. The van der Waals surface area contributed by atoms with Crippen molar-refractivity contribution in [1.29, 1.82) is 0 Å². The van der Waals surface area contributed by atoms with Crippen LogP contribution in [0.4, 0.5) is 0 Å². The Bertz CT molecular complexity index is 2430. The Labute approximate surface area is 236 Å². The molecule has 0 radical (unpaired) electrons. The van der Waals surface area contributed by atoms with E-state index in [0.29, 0.717) is 0 Å². The molecule has 0 fully saturated rings. The van der Waals surface area contributed by atoms with E-state index < -0.39 is 0 Å². The summed E-state index contributed by atoms with van der Waals surface area (Å²) in [5.74, 6) is 0. The van der Waals surface area contributed by atoms with E-state index in [1.165, 1.54) is 65.0 Å². The van der Waals surface area contributed by atoms with Gasteiger partial charge in [-0.3, -0.25) is 0 Å². The van der Waals surface area contributed by atoms with Gasteiger partial charge in [0, 0.05) is 18.0 Å². The van der Waals surface area contributed by atoms with E-state index in [9.17, 15) is 0 Å².